The minimum atomic E-state index is -0.839. The Balaban J connectivity index is 2.72. The summed E-state index contributed by atoms with van der Waals surface area (Å²) in [7, 11) is 0. The summed E-state index contributed by atoms with van der Waals surface area (Å²) in [6, 6.07) is 3.71. The summed E-state index contributed by atoms with van der Waals surface area (Å²) in [5.74, 6) is -0.528. The lowest BCUT2D eigenvalue weighted by Crippen LogP contribution is -2.03. The molecule has 0 spiro atoms. The molecule has 0 bridgehead atoms. The maximum atomic E-state index is 11.5. The Bertz CT molecular complexity index is 668. The molecule has 3 nitrogen and oxygen atoms in total. The van der Waals surface area contributed by atoms with Crippen molar-refractivity contribution in [3.63, 3.8) is 0 Å². The molecule has 2 aromatic rings. The first-order valence-electron chi connectivity index (χ1n) is 8.38. The molecule has 0 fully saturated rings. The highest BCUT2D eigenvalue weighted by atomic mass is 16.4. The Labute approximate surface area is 133 Å². The molecule has 0 saturated carbocycles. The van der Waals surface area contributed by atoms with E-state index in [-0.39, 0.29) is 0 Å². The van der Waals surface area contributed by atoms with E-state index < -0.39 is 5.97 Å². The third-order valence-corrected chi connectivity index (χ3v) is 4.22. The highest BCUT2D eigenvalue weighted by molar-refractivity contribution is 5.97. The van der Waals surface area contributed by atoms with Gasteiger partial charge in [-0.2, -0.15) is 0 Å². The van der Waals surface area contributed by atoms with Crippen LogP contribution in [0.25, 0.3) is 10.9 Å². The number of aromatic nitrogens is 1. The largest absolute Gasteiger partial charge is 0.478 e. The second-order valence-electron chi connectivity index (χ2n) is 6.37. The van der Waals surface area contributed by atoms with Crippen molar-refractivity contribution >= 4 is 16.9 Å². The van der Waals surface area contributed by atoms with Gasteiger partial charge in [0.25, 0.3) is 0 Å². The number of carboxylic acids is 1. The molecular weight excluding hydrogens is 274 g/mol. The van der Waals surface area contributed by atoms with Crippen molar-refractivity contribution < 1.29 is 9.90 Å². The zero-order chi connectivity index (χ0) is 16.3. The maximum absolute atomic E-state index is 11.5. The summed E-state index contributed by atoms with van der Waals surface area (Å²) in [5.41, 5.74) is 4.07. The first kappa shape index (κ1) is 16.6. The van der Waals surface area contributed by atoms with Gasteiger partial charge in [-0.3, -0.25) is 0 Å². The quantitative estimate of drug-likeness (QED) is 0.762. The van der Waals surface area contributed by atoms with Gasteiger partial charge in [-0.15, -0.1) is 0 Å². The number of unbranched alkanes of at least 4 members (excludes halogenated alkanes) is 1. The van der Waals surface area contributed by atoms with Gasteiger partial charge in [0.05, 0.1) is 11.1 Å². The summed E-state index contributed by atoms with van der Waals surface area (Å²) in [6.07, 6.45) is 6.62. The standard InChI is InChI=1S/C19H27NO2/c1-5-7-8-14-12-20(9-6-2)18-16(13(3)4)10-15(19(21)22)11-17(14)18/h10-13H,5-9H2,1-4H3,(H,21,22). The van der Waals surface area contributed by atoms with Crippen LogP contribution in [0, 0.1) is 0 Å². The Morgan fingerprint density at radius 2 is 1.95 bits per heavy atom. The molecule has 1 N–H and O–H groups in total. The van der Waals surface area contributed by atoms with E-state index in [0.717, 1.165) is 43.2 Å². The fourth-order valence-electron chi connectivity index (χ4n) is 3.09. The molecule has 0 unspecified atom stereocenters. The monoisotopic (exact) mass is 301 g/mol. The summed E-state index contributed by atoms with van der Waals surface area (Å²) < 4.78 is 2.32. The van der Waals surface area contributed by atoms with E-state index in [4.69, 9.17) is 0 Å². The molecule has 1 heterocycles. The molecule has 2 rings (SSSR count). The predicted molar refractivity (Wildman–Crippen MR) is 91.9 cm³/mol. The molecule has 22 heavy (non-hydrogen) atoms. The lowest BCUT2D eigenvalue weighted by Gasteiger charge is -2.13. The molecule has 0 atom stereocenters. The average Bonchev–Trinajstić information content (AvgIpc) is 2.82. The average molecular weight is 301 g/mol. The van der Waals surface area contributed by atoms with E-state index in [1.807, 2.05) is 12.1 Å². The normalized spacial score (nSPS) is 11.5. The van der Waals surface area contributed by atoms with Gasteiger partial charge in [0.1, 0.15) is 0 Å². The van der Waals surface area contributed by atoms with Gasteiger partial charge in [0, 0.05) is 18.1 Å². The van der Waals surface area contributed by atoms with E-state index in [2.05, 4.69) is 38.5 Å². The number of benzene rings is 1. The summed E-state index contributed by atoms with van der Waals surface area (Å²) in [4.78, 5) is 11.5. The van der Waals surface area contributed by atoms with Crippen LogP contribution in [-0.4, -0.2) is 15.6 Å². The number of rotatable bonds is 7. The van der Waals surface area contributed by atoms with Crippen molar-refractivity contribution in [2.45, 2.75) is 65.8 Å². The van der Waals surface area contributed by atoms with Crippen LogP contribution in [0.3, 0.4) is 0 Å². The van der Waals surface area contributed by atoms with Crippen molar-refractivity contribution in [2.24, 2.45) is 0 Å². The molecule has 120 valence electrons. The number of carbonyl (C=O) groups is 1. The van der Waals surface area contributed by atoms with Crippen LogP contribution in [0.15, 0.2) is 18.3 Å². The smallest absolute Gasteiger partial charge is 0.335 e. The van der Waals surface area contributed by atoms with E-state index >= 15 is 0 Å². The van der Waals surface area contributed by atoms with Gasteiger partial charge in [-0.05, 0) is 48.4 Å². The van der Waals surface area contributed by atoms with E-state index in [1.165, 1.54) is 11.1 Å². The summed E-state index contributed by atoms with van der Waals surface area (Å²) in [6.45, 7) is 9.62. The van der Waals surface area contributed by atoms with E-state index in [9.17, 15) is 9.90 Å². The maximum Gasteiger partial charge on any atom is 0.335 e. The van der Waals surface area contributed by atoms with E-state index in [0.29, 0.717) is 11.5 Å². The molecule has 1 aromatic carbocycles. The van der Waals surface area contributed by atoms with Gasteiger partial charge in [-0.25, -0.2) is 4.79 Å². The summed E-state index contributed by atoms with van der Waals surface area (Å²) in [5, 5.41) is 10.6. The second-order valence-corrected chi connectivity index (χ2v) is 6.37. The number of fused-ring (bicyclic) bond motifs is 1. The van der Waals surface area contributed by atoms with Crippen molar-refractivity contribution in [3.05, 3.63) is 35.0 Å². The number of hydrogen-bond acceptors (Lipinski definition) is 1. The zero-order valence-corrected chi connectivity index (χ0v) is 14.1. The molecule has 0 radical (unpaired) electrons. The fraction of sp³-hybridized carbons (Fsp3) is 0.526. The van der Waals surface area contributed by atoms with Crippen LogP contribution in [-0.2, 0) is 13.0 Å². The number of hydrogen-bond donors (Lipinski definition) is 1. The van der Waals surface area contributed by atoms with Gasteiger partial charge in [-0.1, -0.05) is 34.1 Å². The molecule has 0 aliphatic heterocycles. The van der Waals surface area contributed by atoms with E-state index in [1.54, 1.807) is 0 Å². The lowest BCUT2D eigenvalue weighted by molar-refractivity contribution is 0.0697. The van der Waals surface area contributed by atoms with Crippen LogP contribution >= 0.6 is 0 Å². The Morgan fingerprint density at radius 3 is 2.50 bits per heavy atom. The number of nitrogens with zero attached hydrogens (tertiary/aromatic N) is 1. The third-order valence-electron chi connectivity index (χ3n) is 4.22. The molecule has 3 heteroatoms. The predicted octanol–water partition coefficient (Wildman–Crippen LogP) is 5.22. The third kappa shape index (κ3) is 3.18. The van der Waals surface area contributed by atoms with Crippen molar-refractivity contribution in [1.29, 1.82) is 0 Å². The molecule has 1 aromatic heterocycles. The Morgan fingerprint density at radius 1 is 1.23 bits per heavy atom. The minimum Gasteiger partial charge on any atom is -0.478 e. The Kier molecular flexibility index (Phi) is 5.28. The zero-order valence-electron chi connectivity index (χ0n) is 14.1. The van der Waals surface area contributed by atoms with Crippen molar-refractivity contribution in [3.8, 4) is 0 Å². The fourth-order valence-corrected chi connectivity index (χ4v) is 3.09. The van der Waals surface area contributed by atoms with Crippen LogP contribution in [0.5, 0.6) is 0 Å². The van der Waals surface area contributed by atoms with Crippen LogP contribution in [0.4, 0.5) is 0 Å². The SMILES string of the molecule is CCCCc1cn(CCC)c2c(C(C)C)cc(C(=O)O)cc12. The lowest BCUT2D eigenvalue weighted by atomic mass is 9.95. The number of carboxylic acid groups (broad SMARTS) is 1. The molecule has 0 aliphatic rings. The van der Waals surface area contributed by atoms with Gasteiger partial charge in [0.15, 0.2) is 0 Å². The van der Waals surface area contributed by atoms with Crippen molar-refractivity contribution in [2.75, 3.05) is 0 Å². The van der Waals surface area contributed by atoms with Crippen molar-refractivity contribution in [1.82, 2.24) is 4.57 Å². The number of aryl methyl sites for hydroxylation is 2. The molecular formula is C19H27NO2. The molecule has 0 saturated heterocycles. The van der Waals surface area contributed by atoms with Gasteiger partial charge < -0.3 is 9.67 Å². The topological polar surface area (TPSA) is 42.2 Å². The van der Waals surface area contributed by atoms with Crippen LogP contribution in [0.2, 0.25) is 0 Å². The van der Waals surface area contributed by atoms with Gasteiger partial charge in [0.2, 0.25) is 0 Å². The highest BCUT2D eigenvalue weighted by Gasteiger charge is 2.17. The summed E-state index contributed by atoms with van der Waals surface area (Å²) >= 11 is 0. The second kappa shape index (κ2) is 6.99. The van der Waals surface area contributed by atoms with Crippen LogP contribution < -0.4 is 0 Å². The minimum absolute atomic E-state index is 0.311. The molecule has 0 aliphatic carbocycles. The van der Waals surface area contributed by atoms with Gasteiger partial charge >= 0.3 is 5.97 Å². The van der Waals surface area contributed by atoms with Crippen LogP contribution in [0.1, 0.15) is 74.4 Å². The highest BCUT2D eigenvalue weighted by Crippen LogP contribution is 2.32. The number of aromatic carboxylic acids is 1. The Hall–Kier alpha value is -1.77. The first-order chi connectivity index (χ1) is 10.5. The first-order valence-corrected chi connectivity index (χ1v) is 8.38. The molecule has 0 amide bonds.